The molecule has 108 valence electrons. The van der Waals surface area contributed by atoms with Crippen LogP contribution in [-0.4, -0.2) is 29.9 Å². The maximum Gasteiger partial charge on any atom is 0.241 e. The van der Waals surface area contributed by atoms with Crippen molar-refractivity contribution in [2.45, 2.75) is 32.7 Å². The van der Waals surface area contributed by atoms with E-state index in [2.05, 4.69) is 10.9 Å². The third-order valence-corrected chi connectivity index (χ3v) is 3.76. The number of likely N-dealkylation sites (N-methyl/N-ethyl adjacent to an activating group) is 1. The predicted molar refractivity (Wildman–Crippen MR) is 80.3 cm³/mol. The summed E-state index contributed by atoms with van der Waals surface area (Å²) in [6.45, 7) is 7.15. The number of amides is 1. The van der Waals surface area contributed by atoms with Gasteiger partial charge in [0.1, 0.15) is 6.04 Å². The monoisotopic (exact) mass is 293 g/mol. The molecule has 0 aliphatic rings. The summed E-state index contributed by atoms with van der Waals surface area (Å²) in [6.07, 6.45) is 0. The van der Waals surface area contributed by atoms with Gasteiger partial charge in [0.2, 0.25) is 5.91 Å². The Morgan fingerprint density at radius 3 is 2.30 bits per heavy atom. The molecule has 2 atom stereocenters. The van der Waals surface area contributed by atoms with Gasteiger partial charge in [-0.25, -0.2) is 4.84 Å². The standard InChI is InChI=1S/C15H20ClN3O/c1-4-19(5-2)15(20)14(18-16)11(3)13-8-6-12(10-17)7-9-13/h6-9,11,14,18H,4-5H2,1-3H3/t11?,14-/m1/s1. The fourth-order valence-electron chi connectivity index (χ4n) is 2.14. The molecule has 1 rings (SSSR count). The molecule has 0 saturated heterocycles. The number of hydrogen-bond donors (Lipinski definition) is 1. The molecule has 0 fully saturated rings. The lowest BCUT2D eigenvalue weighted by Gasteiger charge is -2.28. The molecule has 0 spiro atoms. The van der Waals surface area contributed by atoms with Crippen molar-refractivity contribution in [1.29, 1.82) is 5.26 Å². The second-order valence-electron chi connectivity index (χ2n) is 4.62. The largest absolute Gasteiger partial charge is 0.342 e. The molecule has 1 N–H and O–H groups in total. The van der Waals surface area contributed by atoms with Crippen LogP contribution in [0.2, 0.25) is 0 Å². The zero-order chi connectivity index (χ0) is 15.1. The lowest BCUT2D eigenvalue weighted by atomic mass is 9.92. The number of nitrogens with zero attached hydrogens (tertiary/aromatic N) is 2. The molecule has 1 aromatic carbocycles. The normalized spacial score (nSPS) is 13.3. The van der Waals surface area contributed by atoms with Crippen LogP contribution in [0.25, 0.3) is 0 Å². The predicted octanol–water partition coefficient (Wildman–Crippen LogP) is 2.64. The van der Waals surface area contributed by atoms with E-state index in [9.17, 15) is 4.79 Å². The Hall–Kier alpha value is -1.57. The maximum atomic E-state index is 12.4. The van der Waals surface area contributed by atoms with Crippen LogP contribution in [0.5, 0.6) is 0 Å². The minimum absolute atomic E-state index is 0.0122. The smallest absolute Gasteiger partial charge is 0.241 e. The van der Waals surface area contributed by atoms with Gasteiger partial charge in [0, 0.05) is 19.0 Å². The summed E-state index contributed by atoms with van der Waals surface area (Å²) in [7, 11) is 0. The lowest BCUT2D eigenvalue weighted by molar-refractivity contribution is -0.133. The van der Waals surface area contributed by atoms with Crippen LogP contribution in [0.15, 0.2) is 24.3 Å². The minimum Gasteiger partial charge on any atom is -0.342 e. The van der Waals surface area contributed by atoms with Gasteiger partial charge in [0.15, 0.2) is 0 Å². The molecule has 0 aromatic heterocycles. The van der Waals surface area contributed by atoms with E-state index in [1.54, 1.807) is 17.0 Å². The number of hydrogen-bond acceptors (Lipinski definition) is 3. The molecule has 0 aliphatic carbocycles. The Bertz CT molecular complexity index is 477. The van der Waals surface area contributed by atoms with Crippen molar-refractivity contribution in [1.82, 2.24) is 9.74 Å². The van der Waals surface area contributed by atoms with E-state index in [1.807, 2.05) is 32.9 Å². The van der Waals surface area contributed by atoms with Gasteiger partial charge < -0.3 is 4.90 Å². The molecular weight excluding hydrogens is 274 g/mol. The summed E-state index contributed by atoms with van der Waals surface area (Å²) >= 11 is 5.77. The second-order valence-corrected chi connectivity index (χ2v) is 4.84. The molecule has 1 amide bonds. The molecule has 0 bridgehead atoms. The summed E-state index contributed by atoms with van der Waals surface area (Å²) in [5.41, 5.74) is 1.58. The summed E-state index contributed by atoms with van der Waals surface area (Å²) in [5, 5.41) is 8.80. The maximum absolute atomic E-state index is 12.4. The van der Waals surface area contributed by atoms with Crippen molar-refractivity contribution in [2.24, 2.45) is 0 Å². The van der Waals surface area contributed by atoms with Crippen LogP contribution in [0.4, 0.5) is 0 Å². The molecule has 1 aromatic rings. The molecule has 0 saturated carbocycles. The van der Waals surface area contributed by atoms with Crippen molar-refractivity contribution in [3.05, 3.63) is 35.4 Å². The fraction of sp³-hybridized carbons (Fsp3) is 0.467. The van der Waals surface area contributed by atoms with Crippen LogP contribution < -0.4 is 4.84 Å². The average molecular weight is 294 g/mol. The van der Waals surface area contributed by atoms with E-state index >= 15 is 0 Å². The molecule has 20 heavy (non-hydrogen) atoms. The Morgan fingerprint density at radius 1 is 1.35 bits per heavy atom. The molecule has 0 heterocycles. The first-order valence-corrected chi connectivity index (χ1v) is 7.11. The number of rotatable bonds is 6. The average Bonchev–Trinajstić information content (AvgIpc) is 2.49. The first kappa shape index (κ1) is 16.5. The highest BCUT2D eigenvalue weighted by Gasteiger charge is 2.28. The Labute approximate surface area is 125 Å². The summed E-state index contributed by atoms with van der Waals surface area (Å²) in [4.78, 5) is 16.7. The van der Waals surface area contributed by atoms with E-state index in [0.29, 0.717) is 18.7 Å². The SMILES string of the molecule is CCN(CC)C(=O)[C@H](NCl)C(C)c1ccc(C#N)cc1. The Morgan fingerprint density at radius 2 is 1.90 bits per heavy atom. The second kappa shape index (κ2) is 7.88. The fourth-order valence-corrected chi connectivity index (χ4v) is 2.42. The van der Waals surface area contributed by atoms with Crippen LogP contribution in [0.3, 0.4) is 0 Å². The molecular formula is C15H20ClN3O. The van der Waals surface area contributed by atoms with Gasteiger partial charge in [-0.2, -0.15) is 5.26 Å². The number of nitriles is 1. The molecule has 0 radical (unpaired) electrons. The van der Waals surface area contributed by atoms with Crippen LogP contribution in [0, 0.1) is 11.3 Å². The molecule has 4 nitrogen and oxygen atoms in total. The zero-order valence-corrected chi connectivity index (χ0v) is 12.8. The van der Waals surface area contributed by atoms with Crippen molar-refractivity contribution in [3.63, 3.8) is 0 Å². The third-order valence-electron chi connectivity index (χ3n) is 3.52. The van der Waals surface area contributed by atoms with Gasteiger partial charge in [-0.3, -0.25) is 4.79 Å². The highest BCUT2D eigenvalue weighted by Crippen LogP contribution is 2.21. The van der Waals surface area contributed by atoms with E-state index in [0.717, 1.165) is 5.56 Å². The number of benzene rings is 1. The van der Waals surface area contributed by atoms with Crippen molar-refractivity contribution in [2.75, 3.05) is 13.1 Å². The Kier molecular flexibility index (Phi) is 6.50. The highest BCUT2D eigenvalue weighted by atomic mass is 35.5. The Balaban J connectivity index is 2.93. The summed E-state index contributed by atoms with van der Waals surface area (Å²) in [6, 6.07) is 8.82. The van der Waals surface area contributed by atoms with Crippen LogP contribution in [-0.2, 0) is 4.79 Å². The van der Waals surface area contributed by atoms with E-state index in [4.69, 9.17) is 17.0 Å². The van der Waals surface area contributed by atoms with E-state index < -0.39 is 6.04 Å². The number of nitrogens with one attached hydrogen (secondary N) is 1. The molecule has 5 heteroatoms. The number of carbonyl (C=O) groups excluding carboxylic acids is 1. The van der Waals surface area contributed by atoms with Gasteiger partial charge in [-0.15, -0.1) is 0 Å². The lowest BCUT2D eigenvalue weighted by Crippen LogP contribution is -2.46. The van der Waals surface area contributed by atoms with Crippen molar-refractivity contribution >= 4 is 17.7 Å². The van der Waals surface area contributed by atoms with Crippen LogP contribution in [0.1, 0.15) is 37.8 Å². The quantitative estimate of drug-likeness (QED) is 0.820. The van der Waals surface area contributed by atoms with Gasteiger partial charge in [-0.1, -0.05) is 19.1 Å². The van der Waals surface area contributed by atoms with Crippen LogP contribution >= 0.6 is 11.8 Å². The van der Waals surface area contributed by atoms with E-state index in [1.165, 1.54) is 0 Å². The summed E-state index contributed by atoms with van der Waals surface area (Å²) in [5.74, 6) is -0.0878. The van der Waals surface area contributed by atoms with Gasteiger partial charge >= 0.3 is 0 Å². The first-order valence-electron chi connectivity index (χ1n) is 6.74. The van der Waals surface area contributed by atoms with Gasteiger partial charge in [0.25, 0.3) is 0 Å². The zero-order valence-electron chi connectivity index (χ0n) is 12.1. The molecule has 1 unspecified atom stereocenters. The third kappa shape index (κ3) is 3.72. The molecule has 0 aliphatic heterocycles. The minimum atomic E-state index is -0.482. The first-order chi connectivity index (χ1) is 9.58. The van der Waals surface area contributed by atoms with E-state index in [-0.39, 0.29) is 11.8 Å². The number of halogens is 1. The van der Waals surface area contributed by atoms with Crippen molar-refractivity contribution < 1.29 is 4.79 Å². The highest BCUT2D eigenvalue weighted by molar-refractivity contribution is 6.15. The van der Waals surface area contributed by atoms with Gasteiger partial charge in [-0.05, 0) is 43.3 Å². The number of carbonyl (C=O) groups is 1. The topological polar surface area (TPSA) is 56.1 Å². The van der Waals surface area contributed by atoms with Crippen molar-refractivity contribution in [3.8, 4) is 6.07 Å². The summed E-state index contributed by atoms with van der Waals surface area (Å²) < 4.78 is 0. The van der Waals surface area contributed by atoms with Gasteiger partial charge in [0.05, 0.1) is 11.6 Å².